The SMILES string of the molecule is O=CCC[C@@H]1C2CCC(CC1c1ccc(Cl)c(Cl)c1)S2. The summed E-state index contributed by atoms with van der Waals surface area (Å²) in [4.78, 5) is 10.7. The summed E-state index contributed by atoms with van der Waals surface area (Å²) in [6.45, 7) is 0. The molecule has 0 aliphatic carbocycles. The number of halogens is 2. The summed E-state index contributed by atoms with van der Waals surface area (Å²) in [5.74, 6) is 1.13. The summed E-state index contributed by atoms with van der Waals surface area (Å²) in [7, 11) is 0. The smallest absolute Gasteiger partial charge is 0.120 e. The Morgan fingerprint density at radius 3 is 2.85 bits per heavy atom. The molecule has 1 nitrogen and oxygen atoms in total. The zero-order chi connectivity index (χ0) is 14.1. The lowest BCUT2D eigenvalue weighted by atomic mass is 9.79. The Morgan fingerprint density at radius 1 is 1.25 bits per heavy atom. The summed E-state index contributed by atoms with van der Waals surface area (Å²) >= 11 is 14.3. The fourth-order valence-corrected chi connectivity index (χ4v) is 5.90. The molecule has 2 bridgehead atoms. The number of carbonyl (C=O) groups excluding carboxylic acids is 1. The Bertz CT molecular complexity index is 505. The van der Waals surface area contributed by atoms with Crippen LogP contribution in [0, 0.1) is 5.92 Å². The molecule has 0 amide bonds. The molecule has 20 heavy (non-hydrogen) atoms. The number of hydrogen-bond donors (Lipinski definition) is 0. The summed E-state index contributed by atoms with van der Waals surface area (Å²) < 4.78 is 0. The van der Waals surface area contributed by atoms with Gasteiger partial charge >= 0.3 is 0 Å². The molecule has 0 radical (unpaired) electrons. The van der Waals surface area contributed by atoms with Crippen LogP contribution in [0.1, 0.15) is 43.6 Å². The highest BCUT2D eigenvalue weighted by Crippen LogP contribution is 2.54. The number of rotatable bonds is 4. The van der Waals surface area contributed by atoms with Gasteiger partial charge in [-0.05, 0) is 55.2 Å². The molecule has 3 unspecified atom stereocenters. The second kappa shape index (κ2) is 6.29. The lowest BCUT2D eigenvalue weighted by molar-refractivity contribution is -0.108. The fraction of sp³-hybridized carbons (Fsp3) is 0.562. The van der Waals surface area contributed by atoms with Gasteiger partial charge < -0.3 is 4.79 Å². The maximum absolute atomic E-state index is 10.7. The van der Waals surface area contributed by atoms with E-state index in [1.165, 1.54) is 24.8 Å². The van der Waals surface area contributed by atoms with Gasteiger partial charge in [-0.25, -0.2) is 0 Å². The van der Waals surface area contributed by atoms with E-state index in [2.05, 4.69) is 17.8 Å². The number of hydrogen-bond acceptors (Lipinski definition) is 2. The first kappa shape index (κ1) is 14.7. The van der Waals surface area contributed by atoms with E-state index in [-0.39, 0.29) is 0 Å². The number of fused-ring (bicyclic) bond motifs is 2. The van der Waals surface area contributed by atoms with E-state index < -0.39 is 0 Å². The van der Waals surface area contributed by atoms with Gasteiger partial charge in [0.25, 0.3) is 0 Å². The van der Waals surface area contributed by atoms with Gasteiger partial charge in [0, 0.05) is 16.9 Å². The molecule has 1 aromatic rings. The van der Waals surface area contributed by atoms with Crippen LogP contribution in [0.5, 0.6) is 0 Å². The number of thioether (sulfide) groups is 1. The first-order valence-electron chi connectivity index (χ1n) is 7.23. The van der Waals surface area contributed by atoms with E-state index in [0.29, 0.717) is 33.6 Å². The third-order valence-corrected chi connectivity index (χ3v) is 7.13. The maximum Gasteiger partial charge on any atom is 0.120 e. The molecule has 108 valence electrons. The number of aldehydes is 1. The molecule has 2 saturated heterocycles. The molecular formula is C16H18Cl2OS. The van der Waals surface area contributed by atoms with Crippen molar-refractivity contribution in [3.63, 3.8) is 0 Å². The van der Waals surface area contributed by atoms with Crippen molar-refractivity contribution in [2.75, 3.05) is 0 Å². The van der Waals surface area contributed by atoms with Gasteiger partial charge in [-0.2, -0.15) is 11.8 Å². The standard InChI is InChI=1S/C16H18Cl2OS/c17-14-5-3-10(8-15(14)18)13-9-11-4-6-16(20-11)12(13)2-1-7-19/h3,5,7-8,11-13,16H,1-2,4,6,9H2/t11?,12-,13?,16?/m0/s1. The van der Waals surface area contributed by atoms with Crippen LogP contribution in [0.3, 0.4) is 0 Å². The first-order valence-corrected chi connectivity index (χ1v) is 8.93. The van der Waals surface area contributed by atoms with E-state index in [1.807, 2.05) is 12.1 Å². The quantitative estimate of drug-likeness (QED) is 0.694. The Hall–Kier alpha value is -0.180. The maximum atomic E-state index is 10.7. The van der Waals surface area contributed by atoms with Crippen molar-refractivity contribution in [2.45, 2.75) is 48.5 Å². The highest BCUT2D eigenvalue weighted by atomic mass is 35.5. The molecular weight excluding hydrogens is 311 g/mol. The van der Waals surface area contributed by atoms with E-state index >= 15 is 0 Å². The van der Waals surface area contributed by atoms with E-state index in [4.69, 9.17) is 23.2 Å². The third-order valence-electron chi connectivity index (χ3n) is 4.64. The minimum Gasteiger partial charge on any atom is -0.303 e. The minimum absolute atomic E-state index is 0.531. The fourth-order valence-electron chi connectivity index (χ4n) is 3.71. The van der Waals surface area contributed by atoms with E-state index in [0.717, 1.165) is 18.0 Å². The number of carbonyl (C=O) groups is 1. The van der Waals surface area contributed by atoms with Gasteiger partial charge in [-0.3, -0.25) is 0 Å². The van der Waals surface area contributed by atoms with Crippen molar-refractivity contribution in [2.24, 2.45) is 5.92 Å². The highest BCUT2D eigenvalue weighted by Gasteiger charge is 2.42. The predicted molar refractivity (Wildman–Crippen MR) is 87.0 cm³/mol. The van der Waals surface area contributed by atoms with Crippen LogP contribution in [-0.2, 0) is 4.79 Å². The second-order valence-electron chi connectivity index (χ2n) is 5.80. The molecule has 0 aromatic heterocycles. The van der Waals surface area contributed by atoms with Gasteiger partial charge in [0.1, 0.15) is 6.29 Å². The van der Waals surface area contributed by atoms with Gasteiger partial charge in [0.05, 0.1) is 10.0 Å². The predicted octanol–water partition coefficient (Wildman–Crippen LogP) is 5.34. The normalized spacial score (nSPS) is 32.3. The molecule has 2 aliphatic rings. The molecule has 0 spiro atoms. The zero-order valence-electron chi connectivity index (χ0n) is 11.2. The molecule has 1 aromatic carbocycles. The van der Waals surface area contributed by atoms with Crippen LogP contribution in [0.15, 0.2) is 18.2 Å². The Kier molecular flexibility index (Phi) is 4.64. The summed E-state index contributed by atoms with van der Waals surface area (Å²) in [6.07, 6.45) is 6.56. The minimum atomic E-state index is 0.531. The van der Waals surface area contributed by atoms with Crippen LogP contribution < -0.4 is 0 Å². The van der Waals surface area contributed by atoms with Gasteiger partial charge in [-0.1, -0.05) is 29.3 Å². The van der Waals surface area contributed by atoms with Crippen molar-refractivity contribution >= 4 is 41.2 Å². The summed E-state index contributed by atoms with van der Waals surface area (Å²) in [5.41, 5.74) is 1.30. The molecule has 2 fully saturated rings. The molecule has 0 saturated carbocycles. The molecule has 3 rings (SSSR count). The van der Waals surface area contributed by atoms with Gasteiger partial charge in [0.2, 0.25) is 0 Å². The lowest BCUT2D eigenvalue weighted by Crippen LogP contribution is -2.28. The van der Waals surface area contributed by atoms with Crippen LogP contribution in [0.25, 0.3) is 0 Å². The monoisotopic (exact) mass is 328 g/mol. The molecule has 2 aliphatic heterocycles. The van der Waals surface area contributed by atoms with Crippen molar-refractivity contribution in [3.05, 3.63) is 33.8 Å². The van der Waals surface area contributed by atoms with Crippen molar-refractivity contribution in [1.29, 1.82) is 0 Å². The van der Waals surface area contributed by atoms with Crippen LogP contribution >= 0.6 is 35.0 Å². The molecule has 0 N–H and O–H groups in total. The number of benzene rings is 1. The van der Waals surface area contributed by atoms with Crippen LogP contribution in [0.4, 0.5) is 0 Å². The van der Waals surface area contributed by atoms with Gasteiger partial charge in [0.15, 0.2) is 0 Å². The molecule has 4 atom stereocenters. The third kappa shape index (κ3) is 2.88. The first-order chi connectivity index (χ1) is 9.69. The highest BCUT2D eigenvalue weighted by molar-refractivity contribution is 8.00. The average Bonchev–Trinajstić information content (AvgIpc) is 2.83. The second-order valence-corrected chi connectivity index (χ2v) is 8.16. The largest absolute Gasteiger partial charge is 0.303 e. The summed E-state index contributed by atoms with van der Waals surface area (Å²) in [5, 5.41) is 2.76. The van der Waals surface area contributed by atoms with E-state index in [1.54, 1.807) is 0 Å². The molecule has 4 heteroatoms. The topological polar surface area (TPSA) is 17.1 Å². The van der Waals surface area contributed by atoms with Crippen LogP contribution in [0.2, 0.25) is 10.0 Å². The zero-order valence-corrected chi connectivity index (χ0v) is 13.6. The van der Waals surface area contributed by atoms with Crippen LogP contribution in [-0.4, -0.2) is 16.8 Å². The lowest BCUT2D eigenvalue weighted by Gasteiger charge is -2.36. The van der Waals surface area contributed by atoms with Crippen molar-refractivity contribution < 1.29 is 4.79 Å². The van der Waals surface area contributed by atoms with Crippen molar-refractivity contribution in [1.82, 2.24) is 0 Å². The van der Waals surface area contributed by atoms with Crippen molar-refractivity contribution in [3.8, 4) is 0 Å². The summed E-state index contributed by atoms with van der Waals surface area (Å²) in [6, 6.07) is 6.04. The average molecular weight is 329 g/mol. The Balaban J connectivity index is 1.87. The van der Waals surface area contributed by atoms with E-state index in [9.17, 15) is 4.79 Å². The Morgan fingerprint density at radius 2 is 2.10 bits per heavy atom. The van der Waals surface area contributed by atoms with Gasteiger partial charge in [-0.15, -0.1) is 0 Å². The molecule has 2 heterocycles. The Labute approximate surface area is 134 Å².